The second-order valence-corrected chi connectivity index (χ2v) is 9.77. The molecule has 2 aliphatic heterocycles. The molecular formula is C22H20FN5O2S2. The molecule has 0 spiro atoms. The Kier molecular flexibility index (Phi) is 5.34. The largest absolute Gasteiger partial charge is 0.339 e. The van der Waals surface area contributed by atoms with Crippen LogP contribution >= 0.6 is 23.1 Å². The van der Waals surface area contributed by atoms with Crippen molar-refractivity contribution in [2.24, 2.45) is 10.9 Å². The zero-order valence-electron chi connectivity index (χ0n) is 17.2. The lowest BCUT2D eigenvalue weighted by atomic mass is 9.87. The van der Waals surface area contributed by atoms with Crippen molar-refractivity contribution >= 4 is 40.1 Å². The average Bonchev–Trinajstić information content (AvgIpc) is 3.46. The minimum Gasteiger partial charge on any atom is -0.339 e. The summed E-state index contributed by atoms with van der Waals surface area (Å²) in [4.78, 5) is 39.6. The molecule has 1 aromatic carbocycles. The Balaban J connectivity index is 1.49. The summed E-state index contributed by atoms with van der Waals surface area (Å²) in [6, 6.07) is 13.1. The third-order valence-corrected chi connectivity index (χ3v) is 7.86. The molecule has 4 heterocycles. The van der Waals surface area contributed by atoms with Crippen molar-refractivity contribution in [2.75, 3.05) is 23.7 Å². The molecule has 0 aliphatic carbocycles. The maximum atomic E-state index is 13.8. The SMILES string of the molecule is Cc1nc(N2C[C@H]3CSC(NC(=O)c4ccccc4)=N[C@@]3(c3cccs3)C2)[nH]c(=O)c1F. The first-order valence-electron chi connectivity index (χ1n) is 10.1. The van der Waals surface area contributed by atoms with Crippen molar-refractivity contribution in [1.82, 2.24) is 15.3 Å². The number of halogens is 1. The molecule has 32 heavy (non-hydrogen) atoms. The minimum absolute atomic E-state index is 0.0671. The average molecular weight is 470 g/mol. The highest BCUT2D eigenvalue weighted by molar-refractivity contribution is 8.13. The van der Waals surface area contributed by atoms with E-state index in [1.165, 1.54) is 18.7 Å². The van der Waals surface area contributed by atoms with Gasteiger partial charge in [-0.3, -0.25) is 14.6 Å². The number of H-pyrrole nitrogens is 1. The van der Waals surface area contributed by atoms with E-state index in [4.69, 9.17) is 4.99 Å². The van der Waals surface area contributed by atoms with Gasteiger partial charge in [-0.25, -0.2) is 9.98 Å². The van der Waals surface area contributed by atoms with Gasteiger partial charge < -0.3 is 10.2 Å². The summed E-state index contributed by atoms with van der Waals surface area (Å²) in [6.45, 7) is 2.57. The summed E-state index contributed by atoms with van der Waals surface area (Å²) in [5.74, 6) is 0.158. The van der Waals surface area contributed by atoms with E-state index in [1.807, 2.05) is 40.6 Å². The molecule has 1 saturated heterocycles. The van der Waals surface area contributed by atoms with Crippen LogP contribution in [0.3, 0.4) is 0 Å². The summed E-state index contributed by atoms with van der Waals surface area (Å²) < 4.78 is 13.8. The second-order valence-electron chi connectivity index (χ2n) is 7.82. The zero-order valence-corrected chi connectivity index (χ0v) is 18.8. The van der Waals surface area contributed by atoms with Gasteiger partial charge in [-0.05, 0) is 30.5 Å². The third kappa shape index (κ3) is 3.63. The first kappa shape index (κ1) is 20.9. The smallest absolute Gasteiger partial charge is 0.288 e. The number of anilines is 1. The molecule has 3 aromatic rings. The Bertz CT molecular complexity index is 1240. The Morgan fingerprint density at radius 1 is 1.28 bits per heavy atom. The topological polar surface area (TPSA) is 90.4 Å². The van der Waals surface area contributed by atoms with E-state index in [0.29, 0.717) is 29.8 Å². The van der Waals surface area contributed by atoms with Gasteiger partial charge in [0, 0.05) is 28.7 Å². The van der Waals surface area contributed by atoms with Gasteiger partial charge in [0.15, 0.2) is 5.17 Å². The van der Waals surface area contributed by atoms with Crippen LogP contribution in [0.1, 0.15) is 20.9 Å². The highest BCUT2D eigenvalue weighted by Crippen LogP contribution is 2.47. The number of amides is 1. The van der Waals surface area contributed by atoms with Crippen LogP contribution in [0, 0.1) is 18.7 Å². The third-order valence-electron chi connectivity index (χ3n) is 5.79. The Morgan fingerprint density at radius 2 is 2.09 bits per heavy atom. The number of aromatic nitrogens is 2. The predicted octanol–water partition coefficient (Wildman–Crippen LogP) is 3.14. The monoisotopic (exact) mass is 469 g/mol. The summed E-state index contributed by atoms with van der Waals surface area (Å²) in [7, 11) is 0. The van der Waals surface area contributed by atoms with Gasteiger partial charge in [0.05, 0.1) is 12.2 Å². The van der Waals surface area contributed by atoms with Crippen LogP contribution < -0.4 is 15.8 Å². The highest BCUT2D eigenvalue weighted by atomic mass is 32.2. The first-order chi connectivity index (χ1) is 15.5. The number of rotatable bonds is 3. The van der Waals surface area contributed by atoms with E-state index in [2.05, 4.69) is 15.3 Å². The number of hydrogen-bond acceptors (Lipinski definition) is 7. The number of aromatic amines is 1. The molecule has 2 aromatic heterocycles. The first-order valence-corrected chi connectivity index (χ1v) is 12.0. The van der Waals surface area contributed by atoms with Gasteiger partial charge in [-0.15, -0.1) is 11.3 Å². The van der Waals surface area contributed by atoms with Crippen molar-refractivity contribution in [3.8, 4) is 0 Å². The van der Waals surface area contributed by atoms with Crippen LogP contribution in [0.5, 0.6) is 0 Å². The summed E-state index contributed by atoms with van der Waals surface area (Å²) in [6.07, 6.45) is 0. The lowest BCUT2D eigenvalue weighted by Gasteiger charge is -2.34. The van der Waals surface area contributed by atoms with Crippen LogP contribution in [-0.2, 0) is 5.54 Å². The highest BCUT2D eigenvalue weighted by Gasteiger charge is 2.51. The molecule has 0 bridgehead atoms. The number of aryl methyl sites for hydroxylation is 1. The number of nitrogens with one attached hydrogen (secondary N) is 2. The molecule has 164 valence electrons. The van der Waals surface area contributed by atoms with Crippen molar-refractivity contribution < 1.29 is 9.18 Å². The molecule has 2 aliphatic rings. The van der Waals surface area contributed by atoms with Gasteiger partial charge in [-0.1, -0.05) is 36.0 Å². The zero-order chi connectivity index (χ0) is 22.3. The number of carbonyl (C=O) groups is 1. The number of carbonyl (C=O) groups excluding carboxylic acids is 1. The normalized spacial score (nSPS) is 22.4. The molecule has 2 atom stereocenters. The van der Waals surface area contributed by atoms with E-state index in [0.717, 1.165) is 10.6 Å². The van der Waals surface area contributed by atoms with Crippen molar-refractivity contribution in [3.05, 3.63) is 80.2 Å². The molecule has 1 fully saturated rings. The number of hydrogen-bond donors (Lipinski definition) is 2. The van der Waals surface area contributed by atoms with E-state index in [9.17, 15) is 14.0 Å². The number of amidine groups is 1. The Labute approximate surface area is 191 Å². The van der Waals surface area contributed by atoms with Crippen LogP contribution in [-0.4, -0.2) is 39.9 Å². The molecule has 1 amide bonds. The van der Waals surface area contributed by atoms with E-state index in [-0.39, 0.29) is 17.5 Å². The number of fused-ring (bicyclic) bond motifs is 1. The number of nitrogens with zero attached hydrogens (tertiary/aromatic N) is 3. The number of aliphatic imine (C=N–C) groups is 1. The van der Waals surface area contributed by atoms with Crippen molar-refractivity contribution in [3.63, 3.8) is 0 Å². The minimum atomic E-state index is -0.863. The van der Waals surface area contributed by atoms with Gasteiger partial charge >= 0.3 is 0 Å². The van der Waals surface area contributed by atoms with Gasteiger partial charge in [0.1, 0.15) is 5.54 Å². The Morgan fingerprint density at radius 3 is 2.81 bits per heavy atom. The lowest BCUT2D eigenvalue weighted by molar-refractivity contribution is 0.0977. The fourth-order valence-corrected chi connectivity index (χ4v) is 6.24. The van der Waals surface area contributed by atoms with Gasteiger partial charge in [0.25, 0.3) is 11.5 Å². The van der Waals surface area contributed by atoms with Crippen molar-refractivity contribution in [2.45, 2.75) is 12.5 Å². The van der Waals surface area contributed by atoms with Gasteiger partial charge in [-0.2, -0.15) is 4.39 Å². The molecule has 0 radical (unpaired) electrons. The summed E-state index contributed by atoms with van der Waals surface area (Å²) in [5.41, 5.74) is -0.724. The second kappa shape index (κ2) is 8.18. The fraction of sp³-hybridized carbons (Fsp3) is 0.273. The Hall–Kier alpha value is -2.98. The van der Waals surface area contributed by atoms with E-state index in [1.54, 1.807) is 23.5 Å². The fourth-order valence-electron chi connectivity index (χ4n) is 4.16. The molecule has 5 rings (SSSR count). The van der Waals surface area contributed by atoms with E-state index < -0.39 is 16.9 Å². The van der Waals surface area contributed by atoms with Crippen molar-refractivity contribution in [1.29, 1.82) is 0 Å². The van der Waals surface area contributed by atoms with Crippen LogP contribution in [0.4, 0.5) is 10.3 Å². The van der Waals surface area contributed by atoms with Crippen LogP contribution in [0.15, 0.2) is 57.6 Å². The van der Waals surface area contributed by atoms with E-state index >= 15 is 0 Å². The van der Waals surface area contributed by atoms with Gasteiger partial charge in [0.2, 0.25) is 11.8 Å². The number of thioether (sulfide) groups is 1. The number of thiophene rings is 1. The summed E-state index contributed by atoms with van der Waals surface area (Å²) in [5, 5.41) is 5.53. The lowest BCUT2D eigenvalue weighted by Crippen LogP contribution is -2.42. The standard InChI is InChI=1S/C22H20FN5O2S2/c1-13-17(23)19(30)25-20(24-13)28-10-15-11-32-21(26-18(29)14-6-3-2-4-7-14)27-22(15,12-28)16-8-5-9-31-16/h2-9,15H,10-12H2,1H3,(H,24,25,30)(H,26,27,29)/t15-,22-/m0/s1. The molecule has 7 nitrogen and oxygen atoms in total. The number of benzene rings is 1. The quantitative estimate of drug-likeness (QED) is 0.615. The summed E-state index contributed by atoms with van der Waals surface area (Å²) >= 11 is 3.12. The molecule has 2 N–H and O–H groups in total. The molecule has 0 unspecified atom stereocenters. The van der Waals surface area contributed by atoms with Crippen LogP contribution in [0.25, 0.3) is 0 Å². The molecule has 10 heteroatoms. The predicted molar refractivity (Wildman–Crippen MR) is 125 cm³/mol. The maximum absolute atomic E-state index is 13.8. The molecular weight excluding hydrogens is 449 g/mol. The molecule has 0 saturated carbocycles. The van der Waals surface area contributed by atoms with Crippen LogP contribution in [0.2, 0.25) is 0 Å². The maximum Gasteiger partial charge on any atom is 0.288 e.